The van der Waals surface area contributed by atoms with Gasteiger partial charge in [0.05, 0.1) is 12.7 Å². The Kier molecular flexibility index (Phi) is 5.68. The Bertz CT molecular complexity index is 418. The molecule has 1 saturated carbocycles. The molecule has 0 spiro atoms. The number of aliphatic hydroxyl groups is 1. The van der Waals surface area contributed by atoms with Gasteiger partial charge in [0.25, 0.3) is 0 Å². The van der Waals surface area contributed by atoms with E-state index in [1.54, 1.807) is 0 Å². The maximum Gasteiger partial charge on any atom is 0.165 e. The second-order valence-electron chi connectivity index (χ2n) is 5.21. The van der Waals surface area contributed by atoms with Gasteiger partial charge in [0.1, 0.15) is 6.61 Å². The predicted octanol–water partition coefficient (Wildman–Crippen LogP) is 2.49. The third-order valence-corrected chi connectivity index (χ3v) is 3.41. The Labute approximate surface area is 121 Å². The number of rotatable bonds is 9. The van der Waals surface area contributed by atoms with Crippen molar-refractivity contribution in [3.63, 3.8) is 0 Å². The highest BCUT2D eigenvalue weighted by atomic mass is 16.5. The van der Waals surface area contributed by atoms with Crippen LogP contribution in [0, 0.1) is 0 Å². The van der Waals surface area contributed by atoms with Crippen molar-refractivity contribution in [2.24, 2.45) is 0 Å². The molecule has 0 amide bonds. The molecule has 2 N–H and O–H groups in total. The van der Waals surface area contributed by atoms with E-state index in [1.165, 1.54) is 12.8 Å². The number of nitrogens with one attached hydrogen (secondary N) is 1. The van der Waals surface area contributed by atoms with Crippen LogP contribution in [0.25, 0.3) is 0 Å². The predicted molar refractivity (Wildman–Crippen MR) is 79.3 cm³/mol. The van der Waals surface area contributed by atoms with Crippen LogP contribution in [-0.4, -0.2) is 30.5 Å². The van der Waals surface area contributed by atoms with Crippen LogP contribution in [0.4, 0.5) is 0 Å². The monoisotopic (exact) mass is 279 g/mol. The first-order valence-corrected chi connectivity index (χ1v) is 7.53. The molecule has 1 aromatic rings. The summed E-state index contributed by atoms with van der Waals surface area (Å²) in [5.74, 6) is 1.51. The van der Waals surface area contributed by atoms with Gasteiger partial charge in [-0.1, -0.05) is 19.1 Å². The second kappa shape index (κ2) is 7.50. The number of hydrogen-bond donors (Lipinski definition) is 2. The molecule has 1 unspecified atom stereocenters. The van der Waals surface area contributed by atoms with Crippen LogP contribution in [0.2, 0.25) is 0 Å². The van der Waals surface area contributed by atoms with Gasteiger partial charge in [0.2, 0.25) is 0 Å². The van der Waals surface area contributed by atoms with E-state index in [9.17, 15) is 5.11 Å². The zero-order chi connectivity index (χ0) is 14.4. The Hall–Kier alpha value is -1.26. The van der Waals surface area contributed by atoms with Crippen molar-refractivity contribution in [1.29, 1.82) is 0 Å². The summed E-state index contributed by atoms with van der Waals surface area (Å²) in [5.41, 5.74) is 1.09. The average Bonchev–Trinajstić information content (AvgIpc) is 3.28. The quantitative estimate of drug-likeness (QED) is 0.729. The number of ether oxygens (including phenoxy) is 2. The molecule has 0 saturated heterocycles. The fraction of sp³-hybridized carbons (Fsp3) is 0.625. The van der Waals surface area contributed by atoms with Crippen LogP contribution in [0.1, 0.15) is 38.7 Å². The fourth-order valence-electron chi connectivity index (χ4n) is 1.97. The molecular formula is C16H25NO3. The minimum Gasteiger partial charge on any atom is -0.490 e. The smallest absolute Gasteiger partial charge is 0.165 e. The molecule has 1 atom stereocenters. The van der Waals surface area contributed by atoms with Crippen LogP contribution in [0.5, 0.6) is 11.5 Å². The van der Waals surface area contributed by atoms with E-state index >= 15 is 0 Å². The SMILES string of the molecule is CCOc1cccc(CNC2CC2)c1OCC(O)CC. The third-order valence-electron chi connectivity index (χ3n) is 3.41. The van der Waals surface area contributed by atoms with Gasteiger partial charge in [-0.25, -0.2) is 0 Å². The average molecular weight is 279 g/mol. The molecule has 0 bridgehead atoms. The Balaban J connectivity index is 2.07. The summed E-state index contributed by atoms with van der Waals surface area (Å²) in [6.07, 6.45) is 2.77. The largest absolute Gasteiger partial charge is 0.490 e. The van der Waals surface area contributed by atoms with Gasteiger partial charge in [-0.05, 0) is 32.3 Å². The van der Waals surface area contributed by atoms with Gasteiger partial charge in [-0.3, -0.25) is 0 Å². The lowest BCUT2D eigenvalue weighted by Crippen LogP contribution is -2.19. The molecule has 4 heteroatoms. The molecule has 1 aromatic carbocycles. The summed E-state index contributed by atoms with van der Waals surface area (Å²) >= 11 is 0. The van der Waals surface area contributed by atoms with Crippen molar-refractivity contribution in [1.82, 2.24) is 5.32 Å². The zero-order valence-corrected chi connectivity index (χ0v) is 12.4. The maximum atomic E-state index is 9.68. The lowest BCUT2D eigenvalue weighted by atomic mass is 10.1. The second-order valence-corrected chi connectivity index (χ2v) is 5.21. The first-order valence-electron chi connectivity index (χ1n) is 7.53. The normalized spacial score (nSPS) is 15.9. The number of aliphatic hydroxyl groups excluding tert-OH is 1. The van der Waals surface area contributed by atoms with E-state index in [1.807, 2.05) is 32.0 Å². The highest BCUT2D eigenvalue weighted by molar-refractivity contribution is 5.46. The lowest BCUT2D eigenvalue weighted by molar-refractivity contribution is 0.101. The molecule has 4 nitrogen and oxygen atoms in total. The molecule has 0 aliphatic heterocycles. The minimum absolute atomic E-state index is 0.303. The van der Waals surface area contributed by atoms with Crippen molar-refractivity contribution in [2.45, 2.75) is 51.8 Å². The van der Waals surface area contributed by atoms with Gasteiger partial charge in [0.15, 0.2) is 11.5 Å². The van der Waals surface area contributed by atoms with E-state index < -0.39 is 6.10 Å². The Morgan fingerprint density at radius 2 is 2.10 bits per heavy atom. The van der Waals surface area contributed by atoms with E-state index in [2.05, 4.69) is 5.32 Å². The van der Waals surface area contributed by atoms with Crippen molar-refractivity contribution in [3.8, 4) is 11.5 Å². The summed E-state index contributed by atoms with van der Waals surface area (Å²) < 4.78 is 11.4. The van der Waals surface area contributed by atoms with Crippen LogP contribution in [0.3, 0.4) is 0 Å². The first kappa shape index (κ1) is 15.1. The van der Waals surface area contributed by atoms with E-state index in [-0.39, 0.29) is 0 Å². The Morgan fingerprint density at radius 3 is 2.75 bits per heavy atom. The van der Waals surface area contributed by atoms with Gasteiger partial charge in [0, 0.05) is 18.2 Å². The summed E-state index contributed by atoms with van der Waals surface area (Å²) in [4.78, 5) is 0. The fourth-order valence-corrected chi connectivity index (χ4v) is 1.97. The van der Waals surface area contributed by atoms with Gasteiger partial charge >= 0.3 is 0 Å². The third kappa shape index (κ3) is 4.39. The molecule has 2 rings (SSSR count). The summed E-state index contributed by atoms with van der Waals surface area (Å²) in [5, 5.41) is 13.2. The van der Waals surface area contributed by atoms with Crippen molar-refractivity contribution in [2.75, 3.05) is 13.2 Å². The van der Waals surface area contributed by atoms with Gasteiger partial charge in [-0.2, -0.15) is 0 Å². The molecule has 0 heterocycles. The van der Waals surface area contributed by atoms with Crippen LogP contribution < -0.4 is 14.8 Å². The lowest BCUT2D eigenvalue weighted by Gasteiger charge is -2.18. The highest BCUT2D eigenvalue weighted by Crippen LogP contribution is 2.32. The molecule has 1 aliphatic rings. The van der Waals surface area contributed by atoms with Crippen LogP contribution in [0.15, 0.2) is 18.2 Å². The number of hydrogen-bond acceptors (Lipinski definition) is 4. The van der Waals surface area contributed by atoms with Crippen LogP contribution in [-0.2, 0) is 6.54 Å². The number of benzene rings is 1. The molecule has 112 valence electrons. The zero-order valence-electron chi connectivity index (χ0n) is 12.4. The van der Waals surface area contributed by atoms with E-state index in [0.29, 0.717) is 25.7 Å². The topological polar surface area (TPSA) is 50.7 Å². The highest BCUT2D eigenvalue weighted by Gasteiger charge is 2.21. The van der Waals surface area contributed by atoms with Gasteiger partial charge in [-0.15, -0.1) is 0 Å². The maximum absolute atomic E-state index is 9.68. The Morgan fingerprint density at radius 1 is 1.30 bits per heavy atom. The summed E-state index contributed by atoms with van der Waals surface area (Å²) in [6.45, 7) is 5.59. The summed E-state index contributed by atoms with van der Waals surface area (Å²) in [6, 6.07) is 6.60. The molecule has 1 fully saturated rings. The minimum atomic E-state index is -0.436. The molecule has 0 aromatic heterocycles. The van der Waals surface area contributed by atoms with Gasteiger partial charge < -0.3 is 19.9 Å². The van der Waals surface area contributed by atoms with E-state index in [4.69, 9.17) is 9.47 Å². The molecule has 1 aliphatic carbocycles. The standard InChI is InChI=1S/C16H25NO3/c1-3-14(18)11-20-16-12(10-17-13-8-9-13)6-5-7-15(16)19-4-2/h5-7,13-14,17-18H,3-4,8-11H2,1-2H3. The van der Waals surface area contributed by atoms with Crippen molar-refractivity contribution >= 4 is 0 Å². The van der Waals surface area contributed by atoms with E-state index in [0.717, 1.165) is 23.6 Å². The van der Waals surface area contributed by atoms with Crippen LogP contribution >= 0.6 is 0 Å². The molecule has 0 radical (unpaired) electrons. The summed E-state index contributed by atoms with van der Waals surface area (Å²) in [7, 11) is 0. The van der Waals surface area contributed by atoms with Crippen molar-refractivity contribution in [3.05, 3.63) is 23.8 Å². The van der Waals surface area contributed by atoms with Crippen molar-refractivity contribution < 1.29 is 14.6 Å². The molecule has 20 heavy (non-hydrogen) atoms. The first-order chi connectivity index (χ1) is 9.74. The molecular weight excluding hydrogens is 254 g/mol. The number of para-hydroxylation sites is 1.